The fourth-order valence-corrected chi connectivity index (χ4v) is 2.53. The number of rotatable bonds is 6. The molecule has 0 aliphatic rings. The van der Waals surface area contributed by atoms with E-state index in [0.717, 1.165) is 12.0 Å². The number of thiophene rings is 1. The topological polar surface area (TPSA) is 55.1 Å². The Morgan fingerprint density at radius 3 is 2.60 bits per heavy atom. The fourth-order valence-electron chi connectivity index (χ4n) is 1.82. The molecule has 1 amide bonds. The molecule has 108 valence electrons. The van der Waals surface area contributed by atoms with Crippen LogP contribution in [0, 0.1) is 0 Å². The van der Waals surface area contributed by atoms with Crippen LogP contribution >= 0.6 is 23.7 Å². The molecule has 0 aliphatic carbocycles. The molecular formula is C15H19ClN2OS. The van der Waals surface area contributed by atoms with E-state index in [2.05, 4.69) is 5.32 Å². The van der Waals surface area contributed by atoms with Gasteiger partial charge >= 0.3 is 0 Å². The third-order valence-electron chi connectivity index (χ3n) is 2.93. The summed E-state index contributed by atoms with van der Waals surface area (Å²) in [4.78, 5) is 13.0. The van der Waals surface area contributed by atoms with Crippen LogP contribution in [0.3, 0.4) is 0 Å². The number of nitrogens with two attached hydrogens (primary N) is 1. The second-order valence-corrected chi connectivity index (χ2v) is 5.43. The quantitative estimate of drug-likeness (QED) is 0.862. The molecule has 0 radical (unpaired) electrons. The molecule has 3 nitrogen and oxygen atoms in total. The molecule has 0 saturated heterocycles. The predicted molar refractivity (Wildman–Crippen MR) is 86.3 cm³/mol. The van der Waals surface area contributed by atoms with Crippen molar-refractivity contribution in [2.75, 3.05) is 6.54 Å². The van der Waals surface area contributed by atoms with Gasteiger partial charge in [-0.2, -0.15) is 0 Å². The van der Waals surface area contributed by atoms with Gasteiger partial charge in [0, 0.05) is 23.9 Å². The van der Waals surface area contributed by atoms with Crippen molar-refractivity contribution < 1.29 is 4.79 Å². The minimum atomic E-state index is -0.146. The second kappa shape index (κ2) is 8.74. The van der Waals surface area contributed by atoms with Crippen LogP contribution < -0.4 is 11.1 Å². The van der Waals surface area contributed by atoms with E-state index in [1.165, 1.54) is 4.88 Å². The lowest BCUT2D eigenvalue weighted by atomic mass is 10.1. The Morgan fingerprint density at radius 2 is 1.95 bits per heavy atom. The van der Waals surface area contributed by atoms with Crippen molar-refractivity contribution >= 4 is 29.7 Å². The average molecular weight is 311 g/mol. The van der Waals surface area contributed by atoms with Gasteiger partial charge in [0.1, 0.15) is 0 Å². The Kier molecular flexibility index (Phi) is 7.30. The van der Waals surface area contributed by atoms with Gasteiger partial charge in [-0.25, -0.2) is 0 Å². The summed E-state index contributed by atoms with van der Waals surface area (Å²) in [6, 6.07) is 13.7. The summed E-state index contributed by atoms with van der Waals surface area (Å²) in [5.41, 5.74) is 7.06. The summed E-state index contributed by atoms with van der Waals surface area (Å²) in [5, 5.41) is 4.91. The van der Waals surface area contributed by atoms with Gasteiger partial charge in [0.05, 0.1) is 0 Å². The molecule has 1 aromatic carbocycles. The van der Waals surface area contributed by atoms with Crippen LogP contribution in [0.25, 0.3) is 0 Å². The van der Waals surface area contributed by atoms with Crippen LogP contribution in [0.15, 0.2) is 47.8 Å². The van der Waals surface area contributed by atoms with Crippen LogP contribution in [-0.2, 0) is 11.2 Å². The molecule has 1 heterocycles. The zero-order chi connectivity index (χ0) is 13.5. The van der Waals surface area contributed by atoms with Crippen molar-refractivity contribution in [3.8, 4) is 0 Å². The number of benzene rings is 1. The Labute approximate surface area is 129 Å². The Morgan fingerprint density at radius 1 is 1.20 bits per heavy atom. The zero-order valence-electron chi connectivity index (χ0n) is 11.1. The minimum Gasteiger partial charge on any atom is -0.354 e. The van der Waals surface area contributed by atoms with E-state index in [9.17, 15) is 4.79 Å². The molecule has 20 heavy (non-hydrogen) atoms. The number of carbonyl (C=O) groups is 1. The minimum absolute atomic E-state index is 0. The van der Waals surface area contributed by atoms with Crippen LogP contribution in [0.5, 0.6) is 0 Å². The van der Waals surface area contributed by atoms with Crippen LogP contribution in [0.2, 0.25) is 0 Å². The van der Waals surface area contributed by atoms with E-state index in [4.69, 9.17) is 5.73 Å². The number of aryl methyl sites for hydroxylation is 1. The molecule has 0 aliphatic heterocycles. The van der Waals surface area contributed by atoms with Crippen molar-refractivity contribution in [3.63, 3.8) is 0 Å². The lowest BCUT2D eigenvalue weighted by Crippen LogP contribution is -2.31. The van der Waals surface area contributed by atoms with E-state index in [1.807, 2.05) is 47.8 Å². The Hall–Kier alpha value is -1.36. The number of nitrogens with one attached hydrogen (secondary N) is 1. The standard InChI is InChI=1S/C15H18N2OS.ClH/c16-14(12-5-2-1-3-6-12)11-17-15(18)9-8-13-7-4-10-19-13;/h1-7,10,14H,8-9,11,16H2,(H,17,18);1H. The summed E-state index contributed by atoms with van der Waals surface area (Å²) in [6.07, 6.45) is 1.31. The molecule has 5 heteroatoms. The van der Waals surface area contributed by atoms with Gasteiger partial charge < -0.3 is 11.1 Å². The molecule has 0 bridgehead atoms. The highest BCUT2D eigenvalue weighted by atomic mass is 35.5. The van der Waals surface area contributed by atoms with Gasteiger partial charge in [0.2, 0.25) is 5.91 Å². The number of carbonyl (C=O) groups excluding carboxylic acids is 1. The van der Waals surface area contributed by atoms with Crippen molar-refractivity contribution in [1.29, 1.82) is 0 Å². The average Bonchev–Trinajstić information content (AvgIpc) is 2.96. The van der Waals surface area contributed by atoms with E-state index in [1.54, 1.807) is 11.3 Å². The van der Waals surface area contributed by atoms with Crippen molar-refractivity contribution in [1.82, 2.24) is 5.32 Å². The Balaban J connectivity index is 0.00000200. The van der Waals surface area contributed by atoms with E-state index >= 15 is 0 Å². The van der Waals surface area contributed by atoms with E-state index < -0.39 is 0 Å². The molecule has 0 fully saturated rings. The highest BCUT2D eigenvalue weighted by Crippen LogP contribution is 2.11. The molecule has 1 atom stereocenters. The summed E-state index contributed by atoms with van der Waals surface area (Å²) < 4.78 is 0. The zero-order valence-corrected chi connectivity index (χ0v) is 12.8. The van der Waals surface area contributed by atoms with E-state index in [0.29, 0.717) is 13.0 Å². The molecule has 2 rings (SSSR count). The molecule has 2 aromatic rings. The summed E-state index contributed by atoms with van der Waals surface area (Å²) in [5.74, 6) is 0.0554. The van der Waals surface area contributed by atoms with Gasteiger partial charge in [-0.1, -0.05) is 36.4 Å². The summed E-state index contributed by atoms with van der Waals surface area (Å²) in [6.45, 7) is 0.479. The van der Waals surface area contributed by atoms with Crippen LogP contribution in [0.4, 0.5) is 0 Å². The third-order valence-corrected chi connectivity index (χ3v) is 3.86. The van der Waals surface area contributed by atoms with E-state index in [-0.39, 0.29) is 24.4 Å². The smallest absolute Gasteiger partial charge is 0.220 e. The van der Waals surface area contributed by atoms with Gasteiger partial charge in [0.25, 0.3) is 0 Å². The fraction of sp³-hybridized carbons (Fsp3) is 0.267. The number of halogens is 1. The predicted octanol–water partition coefficient (Wildman–Crippen LogP) is 2.92. The lowest BCUT2D eigenvalue weighted by Gasteiger charge is -2.13. The van der Waals surface area contributed by atoms with Crippen LogP contribution in [-0.4, -0.2) is 12.5 Å². The van der Waals surface area contributed by atoms with Crippen molar-refractivity contribution in [2.24, 2.45) is 5.73 Å². The number of hydrogen-bond donors (Lipinski definition) is 2. The lowest BCUT2D eigenvalue weighted by molar-refractivity contribution is -0.121. The SMILES string of the molecule is Cl.NC(CNC(=O)CCc1cccs1)c1ccccc1. The number of amides is 1. The van der Waals surface area contributed by atoms with Crippen LogP contribution in [0.1, 0.15) is 22.9 Å². The maximum atomic E-state index is 11.7. The molecular weight excluding hydrogens is 292 g/mol. The van der Waals surface area contributed by atoms with Gasteiger partial charge in [-0.3, -0.25) is 4.79 Å². The van der Waals surface area contributed by atoms with Crippen molar-refractivity contribution in [3.05, 3.63) is 58.3 Å². The molecule has 3 N–H and O–H groups in total. The highest BCUT2D eigenvalue weighted by molar-refractivity contribution is 7.09. The second-order valence-electron chi connectivity index (χ2n) is 4.40. The van der Waals surface area contributed by atoms with Gasteiger partial charge in [0.15, 0.2) is 0 Å². The normalized spacial score (nSPS) is 11.4. The Bertz CT molecular complexity index is 502. The number of hydrogen-bond acceptors (Lipinski definition) is 3. The molecule has 1 aromatic heterocycles. The maximum absolute atomic E-state index is 11.7. The first-order valence-corrected chi connectivity index (χ1v) is 7.23. The third kappa shape index (κ3) is 5.33. The molecule has 0 saturated carbocycles. The molecule has 1 unspecified atom stereocenters. The molecule has 0 spiro atoms. The first kappa shape index (κ1) is 16.7. The summed E-state index contributed by atoms with van der Waals surface area (Å²) in [7, 11) is 0. The first-order valence-electron chi connectivity index (χ1n) is 6.35. The van der Waals surface area contributed by atoms with Gasteiger partial charge in [-0.15, -0.1) is 23.7 Å². The van der Waals surface area contributed by atoms with Crippen molar-refractivity contribution in [2.45, 2.75) is 18.9 Å². The first-order chi connectivity index (χ1) is 9.25. The van der Waals surface area contributed by atoms with Gasteiger partial charge in [-0.05, 0) is 23.4 Å². The summed E-state index contributed by atoms with van der Waals surface area (Å²) >= 11 is 1.68. The largest absolute Gasteiger partial charge is 0.354 e. The highest BCUT2D eigenvalue weighted by Gasteiger charge is 2.08. The maximum Gasteiger partial charge on any atom is 0.220 e. The monoisotopic (exact) mass is 310 g/mol.